The molecule has 2 nitrogen and oxygen atoms in total. The van der Waals surface area contributed by atoms with Gasteiger partial charge in [0.1, 0.15) is 0 Å². The van der Waals surface area contributed by atoms with Gasteiger partial charge in [-0.15, -0.1) is 0 Å². The average Bonchev–Trinajstić information content (AvgIpc) is 2.82. The Balaban J connectivity index is 1.94. The molecule has 1 atom stereocenters. The Morgan fingerprint density at radius 1 is 1.25 bits per heavy atom. The molecule has 2 heterocycles. The molecule has 2 fully saturated rings. The van der Waals surface area contributed by atoms with Crippen molar-refractivity contribution in [2.45, 2.75) is 65.0 Å². The molecule has 0 amide bonds. The molecule has 16 heavy (non-hydrogen) atoms. The lowest BCUT2D eigenvalue weighted by atomic mass is 9.82. The van der Waals surface area contributed by atoms with Gasteiger partial charge in [-0.25, -0.2) is 0 Å². The van der Waals surface area contributed by atoms with Gasteiger partial charge in [-0.2, -0.15) is 0 Å². The van der Waals surface area contributed by atoms with E-state index in [9.17, 15) is 0 Å². The zero-order valence-corrected chi connectivity index (χ0v) is 11.5. The Morgan fingerprint density at radius 2 is 1.94 bits per heavy atom. The molecule has 1 N–H and O–H groups in total. The van der Waals surface area contributed by atoms with Gasteiger partial charge in [0, 0.05) is 24.7 Å². The van der Waals surface area contributed by atoms with Gasteiger partial charge in [0.2, 0.25) is 0 Å². The summed E-state index contributed by atoms with van der Waals surface area (Å²) in [6.45, 7) is 13.2. The maximum absolute atomic E-state index is 3.64. The van der Waals surface area contributed by atoms with Crippen LogP contribution < -0.4 is 5.32 Å². The molecule has 2 saturated heterocycles. The Hall–Kier alpha value is -0.0800. The van der Waals surface area contributed by atoms with E-state index >= 15 is 0 Å². The maximum Gasteiger partial charge on any atom is 0.0238 e. The first-order valence-electron chi connectivity index (χ1n) is 6.99. The van der Waals surface area contributed by atoms with Crippen molar-refractivity contribution in [3.63, 3.8) is 0 Å². The third kappa shape index (κ3) is 2.28. The van der Waals surface area contributed by atoms with Gasteiger partial charge in [-0.1, -0.05) is 13.8 Å². The highest BCUT2D eigenvalue weighted by atomic mass is 15.2. The zero-order chi connectivity index (χ0) is 11.8. The van der Waals surface area contributed by atoms with Crippen molar-refractivity contribution in [2.24, 2.45) is 5.41 Å². The van der Waals surface area contributed by atoms with Crippen LogP contribution in [0.3, 0.4) is 0 Å². The summed E-state index contributed by atoms with van der Waals surface area (Å²) in [6.07, 6.45) is 5.43. The summed E-state index contributed by atoms with van der Waals surface area (Å²) in [5, 5.41) is 3.64. The van der Waals surface area contributed by atoms with E-state index in [4.69, 9.17) is 0 Å². The van der Waals surface area contributed by atoms with Crippen LogP contribution in [0.4, 0.5) is 0 Å². The lowest BCUT2D eigenvalue weighted by Gasteiger charge is -2.29. The van der Waals surface area contributed by atoms with Crippen LogP contribution in [0, 0.1) is 5.41 Å². The molecule has 0 aromatic rings. The fourth-order valence-corrected chi connectivity index (χ4v) is 3.49. The van der Waals surface area contributed by atoms with E-state index in [-0.39, 0.29) is 0 Å². The molecule has 0 saturated carbocycles. The number of nitrogens with one attached hydrogen (secondary N) is 1. The van der Waals surface area contributed by atoms with Crippen LogP contribution in [0.1, 0.15) is 53.4 Å². The molecule has 2 aliphatic rings. The third-order valence-electron chi connectivity index (χ3n) is 5.05. The normalized spacial score (nSPS) is 33.4. The third-order valence-corrected chi connectivity index (χ3v) is 5.05. The maximum atomic E-state index is 3.64. The van der Waals surface area contributed by atoms with E-state index in [1.165, 1.54) is 45.3 Å². The SMILES string of the molecule is CCC1(CC)CCN(C2CNC(C)(C)C2)C1. The van der Waals surface area contributed by atoms with Crippen LogP contribution in [-0.2, 0) is 0 Å². The molecule has 2 aliphatic heterocycles. The summed E-state index contributed by atoms with van der Waals surface area (Å²) in [5.41, 5.74) is 0.987. The summed E-state index contributed by atoms with van der Waals surface area (Å²) in [6, 6.07) is 0.787. The molecular weight excluding hydrogens is 196 g/mol. The van der Waals surface area contributed by atoms with E-state index in [2.05, 4.69) is 37.9 Å². The van der Waals surface area contributed by atoms with Crippen LogP contribution in [0.5, 0.6) is 0 Å². The van der Waals surface area contributed by atoms with Gasteiger partial charge < -0.3 is 5.32 Å². The van der Waals surface area contributed by atoms with Crippen LogP contribution >= 0.6 is 0 Å². The van der Waals surface area contributed by atoms with E-state index in [0.717, 1.165) is 6.04 Å². The van der Waals surface area contributed by atoms with E-state index in [1.54, 1.807) is 0 Å². The minimum absolute atomic E-state index is 0.356. The van der Waals surface area contributed by atoms with E-state index < -0.39 is 0 Å². The van der Waals surface area contributed by atoms with Gasteiger partial charge in [-0.05, 0) is 51.5 Å². The Bertz CT molecular complexity index is 243. The molecule has 1 unspecified atom stereocenters. The van der Waals surface area contributed by atoms with Crippen molar-refractivity contribution in [3.05, 3.63) is 0 Å². The van der Waals surface area contributed by atoms with Crippen molar-refractivity contribution < 1.29 is 0 Å². The number of likely N-dealkylation sites (tertiary alicyclic amines) is 1. The quantitative estimate of drug-likeness (QED) is 0.793. The van der Waals surface area contributed by atoms with Crippen molar-refractivity contribution in [1.82, 2.24) is 10.2 Å². The Morgan fingerprint density at radius 3 is 2.38 bits per heavy atom. The molecule has 0 aromatic heterocycles. The van der Waals surface area contributed by atoms with Gasteiger partial charge in [0.05, 0.1) is 0 Å². The smallest absolute Gasteiger partial charge is 0.0238 e. The van der Waals surface area contributed by atoms with E-state index in [0.29, 0.717) is 11.0 Å². The second kappa shape index (κ2) is 4.30. The minimum atomic E-state index is 0.356. The number of hydrogen-bond donors (Lipinski definition) is 1. The minimum Gasteiger partial charge on any atom is -0.310 e. The number of rotatable bonds is 3. The summed E-state index contributed by atoms with van der Waals surface area (Å²) >= 11 is 0. The first-order chi connectivity index (χ1) is 7.50. The van der Waals surface area contributed by atoms with Crippen LogP contribution in [-0.4, -0.2) is 36.1 Å². The molecule has 2 heteroatoms. The van der Waals surface area contributed by atoms with Gasteiger partial charge >= 0.3 is 0 Å². The Kier molecular flexibility index (Phi) is 3.33. The fraction of sp³-hybridized carbons (Fsp3) is 1.00. The topological polar surface area (TPSA) is 15.3 Å². The largest absolute Gasteiger partial charge is 0.310 e. The standard InChI is InChI=1S/C14H28N2/c1-5-14(6-2)7-8-16(11-14)12-9-13(3,4)15-10-12/h12,15H,5-11H2,1-4H3. The zero-order valence-electron chi connectivity index (χ0n) is 11.5. The summed E-state index contributed by atoms with van der Waals surface area (Å²) in [5.74, 6) is 0. The summed E-state index contributed by atoms with van der Waals surface area (Å²) < 4.78 is 0. The van der Waals surface area contributed by atoms with Crippen LogP contribution in [0.25, 0.3) is 0 Å². The van der Waals surface area contributed by atoms with Crippen molar-refractivity contribution in [2.75, 3.05) is 19.6 Å². The van der Waals surface area contributed by atoms with Crippen molar-refractivity contribution in [1.29, 1.82) is 0 Å². The predicted molar refractivity (Wildman–Crippen MR) is 69.7 cm³/mol. The van der Waals surface area contributed by atoms with Gasteiger partial charge in [0.25, 0.3) is 0 Å². The molecule has 0 aromatic carbocycles. The average molecular weight is 224 g/mol. The van der Waals surface area contributed by atoms with Crippen LogP contribution in [0.2, 0.25) is 0 Å². The number of nitrogens with zero attached hydrogens (tertiary/aromatic N) is 1. The molecule has 0 spiro atoms. The molecule has 0 radical (unpaired) electrons. The fourth-order valence-electron chi connectivity index (χ4n) is 3.49. The summed E-state index contributed by atoms with van der Waals surface area (Å²) in [7, 11) is 0. The second-order valence-corrected chi connectivity index (χ2v) is 6.55. The molecule has 94 valence electrons. The highest BCUT2D eigenvalue weighted by Gasteiger charge is 2.41. The van der Waals surface area contributed by atoms with Gasteiger partial charge in [-0.3, -0.25) is 4.90 Å². The number of hydrogen-bond acceptors (Lipinski definition) is 2. The van der Waals surface area contributed by atoms with Crippen molar-refractivity contribution >= 4 is 0 Å². The lowest BCUT2D eigenvalue weighted by Crippen LogP contribution is -2.36. The first-order valence-corrected chi connectivity index (χ1v) is 6.99. The molecule has 0 aliphatic carbocycles. The lowest BCUT2D eigenvalue weighted by molar-refractivity contribution is 0.198. The summed E-state index contributed by atoms with van der Waals surface area (Å²) in [4.78, 5) is 2.74. The van der Waals surface area contributed by atoms with Crippen molar-refractivity contribution in [3.8, 4) is 0 Å². The predicted octanol–water partition coefficient (Wildman–Crippen LogP) is 2.64. The molecule has 0 bridgehead atoms. The Labute approximate surface area is 101 Å². The van der Waals surface area contributed by atoms with Crippen LogP contribution in [0.15, 0.2) is 0 Å². The van der Waals surface area contributed by atoms with Gasteiger partial charge in [0.15, 0.2) is 0 Å². The van der Waals surface area contributed by atoms with E-state index in [1.807, 2.05) is 0 Å². The highest BCUT2D eigenvalue weighted by Crippen LogP contribution is 2.39. The second-order valence-electron chi connectivity index (χ2n) is 6.55. The molecular formula is C14H28N2. The molecule has 2 rings (SSSR count). The highest BCUT2D eigenvalue weighted by molar-refractivity contribution is 4.98. The first kappa shape index (κ1) is 12.4. The monoisotopic (exact) mass is 224 g/mol.